The Morgan fingerprint density at radius 1 is 1.17 bits per heavy atom. The third kappa shape index (κ3) is 3.85. The SMILES string of the molecule is Cl.NC1(C(=O)Nc2cccc(S(=O)(=O)N3CCCCC3)c2)CC1. The second kappa shape index (κ2) is 6.76. The number of nitrogens with zero attached hydrogens (tertiary/aromatic N) is 1. The molecule has 2 aliphatic rings. The predicted molar refractivity (Wildman–Crippen MR) is 91.1 cm³/mol. The number of hydrogen-bond donors (Lipinski definition) is 2. The highest BCUT2D eigenvalue weighted by Crippen LogP contribution is 2.33. The molecule has 0 radical (unpaired) electrons. The zero-order valence-corrected chi connectivity index (χ0v) is 14.5. The molecule has 128 valence electrons. The lowest BCUT2D eigenvalue weighted by molar-refractivity contribution is -0.118. The Morgan fingerprint density at radius 2 is 1.83 bits per heavy atom. The molecule has 1 saturated heterocycles. The average molecular weight is 360 g/mol. The maximum Gasteiger partial charge on any atom is 0.244 e. The van der Waals surface area contributed by atoms with Crippen LogP contribution in [0.25, 0.3) is 0 Å². The number of rotatable bonds is 4. The zero-order valence-electron chi connectivity index (χ0n) is 12.8. The molecule has 3 rings (SSSR count). The van der Waals surface area contributed by atoms with E-state index >= 15 is 0 Å². The summed E-state index contributed by atoms with van der Waals surface area (Å²) < 4.78 is 26.8. The third-order valence-electron chi connectivity index (χ3n) is 4.29. The number of halogens is 1. The lowest BCUT2D eigenvalue weighted by Gasteiger charge is -2.26. The third-order valence-corrected chi connectivity index (χ3v) is 6.18. The smallest absolute Gasteiger partial charge is 0.244 e. The number of carbonyl (C=O) groups is 1. The van der Waals surface area contributed by atoms with Gasteiger partial charge in [-0.05, 0) is 43.9 Å². The first-order valence-corrected chi connectivity index (χ1v) is 9.06. The summed E-state index contributed by atoms with van der Waals surface area (Å²) in [4.78, 5) is 12.2. The molecule has 2 fully saturated rings. The summed E-state index contributed by atoms with van der Waals surface area (Å²) in [6.45, 7) is 1.12. The Labute approximate surface area is 142 Å². The van der Waals surface area contributed by atoms with Gasteiger partial charge in [-0.1, -0.05) is 12.5 Å². The molecule has 0 atom stereocenters. The van der Waals surface area contributed by atoms with E-state index in [4.69, 9.17) is 5.73 Å². The quantitative estimate of drug-likeness (QED) is 0.855. The second-order valence-electron chi connectivity index (χ2n) is 6.10. The minimum absolute atomic E-state index is 0. The van der Waals surface area contributed by atoms with Crippen molar-refractivity contribution in [1.29, 1.82) is 0 Å². The van der Waals surface area contributed by atoms with E-state index in [-0.39, 0.29) is 23.2 Å². The Morgan fingerprint density at radius 3 is 2.43 bits per heavy atom. The van der Waals surface area contributed by atoms with Crippen LogP contribution in [0.15, 0.2) is 29.2 Å². The van der Waals surface area contributed by atoms with Crippen molar-refractivity contribution < 1.29 is 13.2 Å². The van der Waals surface area contributed by atoms with Gasteiger partial charge in [0.2, 0.25) is 15.9 Å². The number of amides is 1. The van der Waals surface area contributed by atoms with Gasteiger partial charge in [0.25, 0.3) is 0 Å². The van der Waals surface area contributed by atoms with Crippen LogP contribution in [0.5, 0.6) is 0 Å². The number of nitrogens with two attached hydrogens (primary N) is 1. The van der Waals surface area contributed by atoms with Crippen LogP contribution in [0, 0.1) is 0 Å². The lowest BCUT2D eigenvalue weighted by atomic mass is 10.2. The van der Waals surface area contributed by atoms with Gasteiger partial charge in [0.05, 0.1) is 10.4 Å². The highest BCUT2D eigenvalue weighted by Gasteiger charge is 2.46. The van der Waals surface area contributed by atoms with Gasteiger partial charge in [0, 0.05) is 18.8 Å². The molecule has 6 nitrogen and oxygen atoms in total. The van der Waals surface area contributed by atoms with E-state index in [2.05, 4.69) is 5.32 Å². The Balaban J connectivity index is 0.00000192. The molecule has 23 heavy (non-hydrogen) atoms. The van der Waals surface area contributed by atoms with Gasteiger partial charge in [0.15, 0.2) is 0 Å². The van der Waals surface area contributed by atoms with Crippen LogP contribution in [0.1, 0.15) is 32.1 Å². The molecule has 0 spiro atoms. The van der Waals surface area contributed by atoms with Gasteiger partial charge in [0.1, 0.15) is 0 Å². The summed E-state index contributed by atoms with van der Waals surface area (Å²) in [7, 11) is -3.49. The first kappa shape index (κ1) is 18.2. The summed E-state index contributed by atoms with van der Waals surface area (Å²) in [5.41, 5.74) is 5.54. The number of benzene rings is 1. The average Bonchev–Trinajstić information content (AvgIpc) is 3.28. The van der Waals surface area contributed by atoms with Crippen molar-refractivity contribution in [1.82, 2.24) is 4.31 Å². The summed E-state index contributed by atoms with van der Waals surface area (Å²) in [5, 5.41) is 2.71. The summed E-state index contributed by atoms with van der Waals surface area (Å²) in [5.74, 6) is -0.250. The minimum atomic E-state index is -3.49. The highest BCUT2D eigenvalue weighted by atomic mass is 35.5. The number of piperidine rings is 1. The molecule has 1 aliphatic heterocycles. The van der Waals surface area contributed by atoms with Crippen LogP contribution >= 0.6 is 12.4 Å². The van der Waals surface area contributed by atoms with Crippen molar-refractivity contribution in [3.05, 3.63) is 24.3 Å². The van der Waals surface area contributed by atoms with Crippen molar-refractivity contribution in [2.45, 2.75) is 42.5 Å². The van der Waals surface area contributed by atoms with Crippen LogP contribution in [-0.4, -0.2) is 37.3 Å². The maximum absolute atomic E-state index is 12.6. The van der Waals surface area contributed by atoms with E-state index in [0.29, 0.717) is 31.6 Å². The van der Waals surface area contributed by atoms with Crippen LogP contribution in [-0.2, 0) is 14.8 Å². The predicted octanol–water partition coefficient (Wildman–Crippen LogP) is 1.71. The topological polar surface area (TPSA) is 92.5 Å². The number of anilines is 1. The molecular weight excluding hydrogens is 338 g/mol. The van der Waals surface area contributed by atoms with Crippen LogP contribution in [0.2, 0.25) is 0 Å². The van der Waals surface area contributed by atoms with Crippen molar-refractivity contribution in [3.8, 4) is 0 Å². The van der Waals surface area contributed by atoms with Gasteiger partial charge < -0.3 is 11.1 Å². The molecule has 1 heterocycles. The van der Waals surface area contributed by atoms with E-state index in [9.17, 15) is 13.2 Å². The molecular formula is C15H22ClN3O3S. The van der Waals surface area contributed by atoms with Crippen LogP contribution in [0.4, 0.5) is 5.69 Å². The van der Waals surface area contributed by atoms with Gasteiger partial charge in [-0.25, -0.2) is 8.42 Å². The summed E-state index contributed by atoms with van der Waals surface area (Å²) in [6.07, 6.45) is 4.20. The molecule has 1 amide bonds. The van der Waals surface area contributed by atoms with Crippen molar-refractivity contribution in [3.63, 3.8) is 0 Å². The fourth-order valence-corrected chi connectivity index (χ4v) is 4.17. The number of hydrogen-bond acceptors (Lipinski definition) is 4. The summed E-state index contributed by atoms with van der Waals surface area (Å²) >= 11 is 0. The molecule has 8 heteroatoms. The van der Waals surface area contributed by atoms with Gasteiger partial charge in [-0.3, -0.25) is 4.79 Å². The standard InChI is InChI=1S/C15H21N3O3S.ClH/c16-15(7-8-15)14(19)17-12-5-4-6-13(11-12)22(20,21)18-9-2-1-3-10-18;/h4-6,11H,1-3,7-10,16H2,(H,17,19);1H. The van der Waals surface area contributed by atoms with Gasteiger partial charge >= 0.3 is 0 Å². The Kier molecular flexibility index (Phi) is 5.35. The van der Waals surface area contributed by atoms with E-state index in [0.717, 1.165) is 19.3 Å². The molecule has 1 saturated carbocycles. The van der Waals surface area contributed by atoms with E-state index < -0.39 is 15.6 Å². The molecule has 3 N–H and O–H groups in total. The van der Waals surface area contributed by atoms with E-state index in [1.165, 1.54) is 10.4 Å². The molecule has 1 aromatic carbocycles. The zero-order chi connectivity index (χ0) is 15.8. The van der Waals surface area contributed by atoms with Crippen molar-refractivity contribution >= 4 is 34.0 Å². The van der Waals surface area contributed by atoms with Gasteiger partial charge in [-0.15, -0.1) is 12.4 Å². The first-order valence-electron chi connectivity index (χ1n) is 7.62. The highest BCUT2D eigenvalue weighted by molar-refractivity contribution is 7.89. The molecule has 1 aliphatic carbocycles. The second-order valence-corrected chi connectivity index (χ2v) is 8.04. The molecule has 0 bridgehead atoms. The number of nitrogens with one attached hydrogen (secondary N) is 1. The number of sulfonamides is 1. The van der Waals surface area contributed by atoms with E-state index in [1.54, 1.807) is 18.2 Å². The van der Waals surface area contributed by atoms with Gasteiger partial charge in [-0.2, -0.15) is 4.31 Å². The normalized spacial score (nSPS) is 20.4. The molecule has 1 aromatic rings. The summed E-state index contributed by atoms with van der Waals surface area (Å²) in [6, 6.07) is 6.39. The van der Waals surface area contributed by atoms with Crippen molar-refractivity contribution in [2.24, 2.45) is 5.73 Å². The Hall–Kier alpha value is -1.15. The minimum Gasteiger partial charge on any atom is -0.324 e. The Bertz CT molecular complexity index is 683. The lowest BCUT2D eigenvalue weighted by Crippen LogP contribution is -2.38. The largest absolute Gasteiger partial charge is 0.324 e. The van der Waals surface area contributed by atoms with Crippen LogP contribution < -0.4 is 11.1 Å². The molecule has 0 unspecified atom stereocenters. The monoisotopic (exact) mass is 359 g/mol. The first-order chi connectivity index (χ1) is 10.4. The fraction of sp³-hybridized carbons (Fsp3) is 0.533. The fourth-order valence-electron chi connectivity index (χ4n) is 2.61. The maximum atomic E-state index is 12.6. The van der Waals surface area contributed by atoms with E-state index in [1.807, 2.05) is 0 Å². The molecule has 0 aromatic heterocycles. The van der Waals surface area contributed by atoms with Crippen LogP contribution in [0.3, 0.4) is 0 Å². The van der Waals surface area contributed by atoms with Crippen molar-refractivity contribution in [2.75, 3.05) is 18.4 Å². The number of carbonyl (C=O) groups excluding carboxylic acids is 1.